The zero-order chi connectivity index (χ0) is 27.3. The number of carboxylic acids is 1. The number of aromatic nitrogens is 2. The van der Waals surface area contributed by atoms with Crippen molar-refractivity contribution in [3.05, 3.63) is 53.7 Å². The molecule has 3 N–H and O–H groups in total. The highest BCUT2D eigenvalue weighted by molar-refractivity contribution is 7.89. The maximum atomic E-state index is 13.2. The first-order valence-corrected chi connectivity index (χ1v) is 13.1. The van der Waals surface area contributed by atoms with Crippen molar-refractivity contribution in [2.75, 3.05) is 19.0 Å². The number of ether oxygens (including phenoxy) is 2. The molecule has 3 aromatic rings. The van der Waals surface area contributed by atoms with Crippen LogP contribution in [0.4, 0.5) is 5.69 Å². The predicted molar refractivity (Wildman–Crippen MR) is 137 cm³/mol. The Morgan fingerprint density at radius 2 is 1.81 bits per heavy atom. The van der Waals surface area contributed by atoms with Gasteiger partial charge < -0.3 is 19.9 Å². The van der Waals surface area contributed by atoms with Crippen molar-refractivity contribution >= 4 is 27.6 Å². The number of hydrogen-bond donors (Lipinski definition) is 3. The van der Waals surface area contributed by atoms with Crippen molar-refractivity contribution in [2.45, 2.75) is 39.0 Å². The summed E-state index contributed by atoms with van der Waals surface area (Å²) in [7, 11) is -2.53. The third kappa shape index (κ3) is 6.27. The quantitative estimate of drug-likeness (QED) is 0.337. The molecule has 0 aliphatic heterocycles. The van der Waals surface area contributed by atoms with Crippen LogP contribution in [0.5, 0.6) is 17.4 Å². The minimum absolute atomic E-state index is 0.0217. The summed E-state index contributed by atoms with van der Waals surface area (Å²) in [6.07, 6.45) is 0.560. The number of carboxylic acid groups (broad SMARTS) is 1. The predicted octanol–water partition coefficient (Wildman–Crippen LogP) is 3.96. The summed E-state index contributed by atoms with van der Waals surface area (Å²) >= 11 is 0. The number of carbonyl (C=O) groups is 2. The summed E-state index contributed by atoms with van der Waals surface area (Å²) in [6.45, 7) is 6.97. The Bertz CT molecular complexity index is 1400. The van der Waals surface area contributed by atoms with E-state index in [1.807, 2.05) is 6.92 Å². The number of amides is 1. The van der Waals surface area contributed by atoms with Gasteiger partial charge >= 0.3 is 5.97 Å². The van der Waals surface area contributed by atoms with Gasteiger partial charge in [0.1, 0.15) is 16.4 Å². The monoisotopic (exact) mass is 530 g/mol. The maximum Gasteiger partial charge on any atom is 0.356 e. The van der Waals surface area contributed by atoms with Gasteiger partial charge in [0, 0.05) is 23.7 Å². The fourth-order valence-corrected chi connectivity index (χ4v) is 4.57. The minimum Gasteiger partial charge on any atom is -0.497 e. The van der Waals surface area contributed by atoms with Crippen LogP contribution in [0.2, 0.25) is 0 Å². The third-order valence-corrected chi connectivity index (χ3v) is 6.84. The molecule has 1 aromatic heterocycles. The summed E-state index contributed by atoms with van der Waals surface area (Å²) in [5.74, 6) is -1.32. The molecule has 0 atom stereocenters. The van der Waals surface area contributed by atoms with E-state index in [4.69, 9.17) is 9.47 Å². The van der Waals surface area contributed by atoms with Gasteiger partial charge in [0.15, 0.2) is 5.69 Å². The molecular formula is C25H30N4O7S. The number of nitrogens with zero attached hydrogens (tertiary/aromatic N) is 2. The van der Waals surface area contributed by atoms with E-state index in [1.54, 1.807) is 38.1 Å². The van der Waals surface area contributed by atoms with Crippen LogP contribution in [0.1, 0.15) is 43.2 Å². The van der Waals surface area contributed by atoms with Crippen molar-refractivity contribution in [2.24, 2.45) is 5.92 Å². The number of anilines is 1. The first-order valence-electron chi connectivity index (χ1n) is 11.6. The Balaban J connectivity index is 2.15. The molecule has 0 radical (unpaired) electrons. The van der Waals surface area contributed by atoms with E-state index < -0.39 is 16.0 Å². The van der Waals surface area contributed by atoms with Gasteiger partial charge in [-0.1, -0.05) is 20.8 Å². The van der Waals surface area contributed by atoms with E-state index in [2.05, 4.69) is 15.1 Å². The SMILES string of the molecule is CCCNS(=O)(=O)c1cc(NC(=O)C(C)C)ccc1Oc1c(C)c(C(=O)O)nn1-c1ccc(OC)cc1. The average Bonchev–Trinajstić information content (AvgIpc) is 3.19. The Morgan fingerprint density at radius 1 is 1.14 bits per heavy atom. The molecule has 0 saturated heterocycles. The highest BCUT2D eigenvalue weighted by Crippen LogP contribution is 2.35. The van der Waals surface area contributed by atoms with Crippen molar-refractivity contribution in [1.29, 1.82) is 0 Å². The summed E-state index contributed by atoms with van der Waals surface area (Å²) in [4.78, 5) is 23.8. The highest BCUT2D eigenvalue weighted by atomic mass is 32.2. The van der Waals surface area contributed by atoms with E-state index in [1.165, 1.54) is 36.9 Å². The van der Waals surface area contributed by atoms with Gasteiger partial charge in [-0.3, -0.25) is 4.79 Å². The van der Waals surface area contributed by atoms with Crippen LogP contribution in [0.3, 0.4) is 0 Å². The molecule has 0 unspecified atom stereocenters. The average molecular weight is 531 g/mol. The summed E-state index contributed by atoms with van der Waals surface area (Å²) in [5, 5.41) is 16.5. The lowest BCUT2D eigenvalue weighted by Gasteiger charge is -2.16. The van der Waals surface area contributed by atoms with E-state index in [-0.39, 0.29) is 51.8 Å². The Labute approximate surface area is 215 Å². The number of aromatic carboxylic acids is 1. The number of rotatable bonds is 11. The molecule has 0 spiro atoms. The van der Waals surface area contributed by atoms with Crippen LogP contribution < -0.4 is 19.5 Å². The van der Waals surface area contributed by atoms with E-state index in [0.29, 0.717) is 17.9 Å². The zero-order valence-corrected chi connectivity index (χ0v) is 22.0. The lowest BCUT2D eigenvalue weighted by Crippen LogP contribution is -2.25. The summed E-state index contributed by atoms with van der Waals surface area (Å²) in [5.41, 5.74) is 0.695. The normalized spacial score (nSPS) is 11.4. The molecule has 3 rings (SSSR count). The van der Waals surface area contributed by atoms with Crippen LogP contribution in [-0.2, 0) is 14.8 Å². The number of nitrogens with one attached hydrogen (secondary N) is 2. The number of carbonyl (C=O) groups excluding carboxylic acids is 1. The fourth-order valence-electron chi connectivity index (χ4n) is 3.29. The minimum atomic E-state index is -4.05. The van der Waals surface area contributed by atoms with Gasteiger partial charge in [0.2, 0.25) is 21.8 Å². The van der Waals surface area contributed by atoms with Gasteiger partial charge in [-0.15, -0.1) is 0 Å². The molecule has 198 valence electrons. The number of benzene rings is 2. The number of sulfonamides is 1. The van der Waals surface area contributed by atoms with Crippen molar-refractivity contribution in [3.63, 3.8) is 0 Å². The Morgan fingerprint density at radius 3 is 2.38 bits per heavy atom. The topological polar surface area (TPSA) is 149 Å². The Kier molecular flexibility index (Phi) is 8.56. The first kappa shape index (κ1) is 27.7. The van der Waals surface area contributed by atoms with Crippen LogP contribution in [0.25, 0.3) is 5.69 Å². The molecule has 2 aromatic carbocycles. The molecule has 0 aliphatic rings. The summed E-state index contributed by atoms with van der Waals surface area (Å²) < 4.78 is 41.3. The van der Waals surface area contributed by atoms with Crippen LogP contribution >= 0.6 is 0 Å². The molecule has 0 bridgehead atoms. The second-order valence-electron chi connectivity index (χ2n) is 8.50. The van der Waals surface area contributed by atoms with Gasteiger partial charge in [0.05, 0.1) is 12.8 Å². The maximum absolute atomic E-state index is 13.2. The molecule has 37 heavy (non-hydrogen) atoms. The highest BCUT2D eigenvalue weighted by Gasteiger charge is 2.26. The first-order chi connectivity index (χ1) is 17.5. The molecule has 0 aliphatic carbocycles. The Hall–Kier alpha value is -3.90. The molecule has 0 saturated carbocycles. The second kappa shape index (κ2) is 11.4. The van der Waals surface area contributed by atoms with Crippen LogP contribution in [0, 0.1) is 12.8 Å². The van der Waals surface area contributed by atoms with Gasteiger partial charge in [-0.2, -0.15) is 9.78 Å². The van der Waals surface area contributed by atoms with Crippen LogP contribution in [-0.4, -0.2) is 48.8 Å². The third-order valence-electron chi connectivity index (χ3n) is 5.36. The standard InChI is InChI=1S/C25H30N4O7S/c1-6-13-26-37(33,34)21-14-17(27-23(30)15(2)3)7-12-20(21)36-24-16(4)22(25(31)32)28-29(24)18-8-10-19(35-5)11-9-18/h7-12,14-15,26H,6,13H2,1-5H3,(H,27,30)(H,31,32). The molecule has 1 heterocycles. The van der Waals surface area contributed by atoms with Crippen LogP contribution in [0.15, 0.2) is 47.4 Å². The molecular weight excluding hydrogens is 500 g/mol. The van der Waals surface area contributed by atoms with E-state index in [9.17, 15) is 23.1 Å². The largest absolute Gasteiger partial charge is 0.497 e. The molecule has 11 nitrogen and oxygen atoms in total. The van der Waals surface area contributed by atoms with E-state index in [0.717, 1.165) is 0 Å². The van der Waals surface area contributed by atoms with Gasteiger partial charge in [-0.05, 0) is 55.8 Å². The lowest BCUT2D eigenvalue weighted by molar-refractivity contribution is -0.118. The van der Waals surface area contributed by atoms with Crippen molar-refractivity contribution < 1.29 is 32.6 Å². The van der Waals surface area contributed by atoms with Gasteiger partial charge in [0.25, 0.3) is 0 Å². The van der Waals surface area contributed by atoms with Crippen molar-refractivity contribution in [3.8, 4) is 23.1 Å². The fraction of sp³-hybridized carbons (Fsp3) is 0.320. The second-order valence-corrected chi connectivity index (χ2v) is 10.2. The lowest BCUT2D eigenvalue weighted by atomic mass is 10.2. The van der Waals surface area contributed by atoms with Crippen molar-refractivity contribution in [1.82, 2.24) is 14.5 Å². The molecule has 0 fully saturated rings. The zero-order valence-electron chi connectivity index (χ0n) is 21.2. The number of methoxy groups -OCH3 is 1. The van der Waals surface area contributed by atoms with Gasteiger partial charge in [-0.25, -0.2) is 17.9 Å². The molecule has 1 amide bonds. The number of hydrogen-bond acceptors (Lipinski definition) is 7. The smallest absolute Gasteiger partial charge is 0.356 e. The summed E-state index contributed by atoms with van der Waals surface area (Å²) in [6, 6.07) is 10.9. The van der Waals surface area contributed by atoms with E-state index >= 15 is 0 Å². The molecule has 12 heteroatoms.